The highest BCUT2D eigenvalue weighted by atomic mass is 35.5. The molecular formula is C22H24ClN3O. The molecule has 2 heterocycles. The second-order valence-electron chi connectivity index (χ2n) is 6.88. The first kappa shape index (κ1) is 18.1. The van der Waals surface area contributed by atoms with Crippen molar-refractivity contribution in [3.05, 3.63) is 59.2 Å². The van der Waals surface area contributed by atoms with Gasteiger partial charge in [-0.05, 0) is 75.3 Å². The number of rotatable bonds is 6. The summed E-state index contributed by atoms with van der Waals surface area (Å²) in [6.07, 6.45) is 4.38. The van der Waals surface area contributed by atoms with Crippen LogP contribution in [0.5, 0.6) is 5.75 Å². The Morgan fingerprint density at radius 1 is 1.11 bits per heavy atom. The standard InChI is InChI=1S/C22H24ClN3O/c1-2-27-22-8-6-18(13-16(22)15-26-11-3-4-12-26)25-20-9-10-24-21-14-17(23)5-7-19(20)21/h5-10,13-14H,2-4,11-12,15H2,1H3,(H,24,25). The first-order chi connectivity index (χ1) is 13.2. The summed E-state index contributed by atoms with van der Waals surface area (Å²) in [6.45, 7) is 5.96. The van der Waals surface area contributed by atoms with Crippen molar-refractivity contribution in [1.29, 1.82) is 0 Å². The average Bonchev–Trinajstić information content (AvgIpc) is 3.17. The molecule has 5 heteroatoms. The summed E-state index contributed by atoms with van der Waals surface area (Å²) in [5.41, 5.74) is 4.18. The van der Waals surface area contributed by atoms with E-state index in [0.29, 0.717) is 11.6 Å². The molecule has 0 aliphatic carbocycles. The number of likely N-dealkylation sites (tertiary alicyclic amines) is 1. The number of aromatic nitrogens is 1. The van der Waals surface area contributed by atoms with Crippen LogP contribution < -0.4 is 10.1 Å². The highest BCUT2D eigenvalue weighted by Crippen LogP contribution is 2.30. The van der Waals surface area contributed by atoms with E-state index in [-0.39, 0.29) is 0 Å². The van der Waals surface area contributed by atoms with Crippen molar-refractivity contribution in [3.63, 3.8) is 0 Å². The number of hydrogen-bond donors (Lipinski definition) is 1. The minimum Gasteiger partial charge on any atom is -0.494 e. The highest BCUT2D eigenvalue weighted by molar-refractivity contribution is 6.31. The van der Waals surface area contributed by atoms with Crippen molar-refractivity contribution in [2.45, 2.75) is 26.3 Å². The van der Waals surface area contributed by atoms with Gasteiger partial charge in [-0.2, -0.15) is 0 Å². The maximum Gasteiger partial charge on any atom is 0.123 e. The van der Waals surface area contributed by atoms with Gasteiger partial charge in [0.2, 0.25) is 0 Å². The van der Waals surface area contributed by atoms with Gasteiger partial charge in [0, 0.05) is 40.1 Å². The molecule has 4 rings (SSSR count). The van der Waals surface area contributed by atoms with Gasteiger partial charge in [-0.3, -0.25) is 9.88 Å². The third-order valence-corrected chi connectivity index (χ3v) is 5.17. The molecule has 1 aliphatic heterocycles. The lowest BCUT2D eigenvalue weighted by molar-refractivity contribution is 0.305. The number of fused-ring (bicyclic) bond motifs is 1. The summed E-state index contributed by atoms with van der Waals surface area (Å²) in [6, 6.07) is 14.1. The van der Waals surface area contributed by atoms with E-state index in [1.807, 2.05) is 31.2 Å². The summed E-state index contributed by atoms with van der Waals surface area (Å²) >= 11 is 6.10. The number of pyridine rings is 1. The van der Waals surface area contributed by atoms with E-state index in [9.17, 15) is 0 Å². The first-order valence-electron chi connectivity index (χ1n) is 9.52. The molecule has 3 aromatic rings. The number of nitrogens with zero attached hydrogens (tertiary/aromatic N) is 2. The molecule has 0 unspecified atom stereocenters. The molecule has 1 aromatic heterocycles. The normalized spacial score (nSPS) is 14.6. The van der Waals surface area contributed by atoms with Crippen molar-refractivity contribution >= 4 is 33.9 Å². The van der Waals surface area contributed by atoms with Gasteiger partial charge in [-0.15, -0.1) is 0 Å². The topological polar surface area (TPSA) is 37.4 Å². The summed E-state index contributed by atoms with van der Waals surface area (Å²) in [4.78, 5) is 6.91. The maximum absolute atomic E-state index is 6.10. The first-order valence-corrected chi connectivity index (χ1v) is 9.90. The molecule has 0 radical (unpaired) electrons. The van der Waals surface area contributed by atoms with Crippen LogP contribution >= 0.6 is 11.6 Å². The van der Waals surface area contributed by atoms with Crippen LogP contribution in [0.15, 0.2) is 48.7 Å². The predicted molar refractivity (Wildman–Crippen MR) is 112 cm³/mol. The fourth-order valence-electron chi connectivity index (χ4n) is 3.64. The average molecular weight is 382 g/mol. The Morgan fingerprint density at radius 2 is 1.96 bits per heavy atom. The fourth-order valence-corrected chi connectivity index (χ4v) is 3.81. The van der Waals surface area contributed by atoms with Crippen molar-refractivity contribution < 1.29 is 4.74 Å². The summed E-state index contributed by atoms with van der Waals surface area (Å²) in [7, 11) is 0. The third-order valence-electron chi connectivity index (χ3n) is 4.94. The van der Waals surface area contributed by atoms with Gasteiger partial charge in [-0.1, -0.05) is 11.6 Å². The molecule has 0 saturated carbocycles. The van der Waals surface area contributed by atoms with Crippen LogP contribution in [0.3, 0.4) is 0 Å². The van der Waals surface area contributed by atoms with Crippen molar-refractivity contribution in [2.75, 3.05) is 25.0 Å². The molecule has 2 aromatic carbocycles. The SMILES string of the molecule is CCOc1ccc(Nc2ccnc3cc(Cl)ccc23)cc1CN1CCCC1. The molecule has 1 N–H and O–H groups in total. The van der Waals surface area contributed by atoms with E-state index < -0.39 is 0 Å². The van der Waals surface area contributed by atoms with Crippen LogP contribution in [0.2, 0.25) is 5.02 Å². The molecule has 0 bridgehead atoms. The lowest BCUT2D eigenvalue weighted by Gasteiger charge is -2.19. The van der Waals surface area contributed by atoms with Gasteiger partial charge in [0.1, 0.15) is 5.75 Å². The molecule has 140 valence electrons. The van der Waals surface area contributed by atoms with Crippen molar-refractivity contribution in [1.82, 2.24) is 9.88 Å². The quantitative estimate of drug-likeness (QED) is 0.600. The minimum absolute atomic E-state index is 0.676. The Bertz CT molecular complexity index is 938. The predicted octanol–water partition coefficient (Wildman–Crippen LogP) is 5.63. The molecule has 1 saturated heterocycles. The van der Waals surface area contributed by atoms with Crippen LogP contribution in [0.1, 0.15) is 25.3 Å². The summed E-state index contributed by atoms with van der Waals surface area (Å²) in [5.74, 6) is 0.973. The Labute approximate surface area is 165 Å². The highest BCUT2D eigenvalue weighted by Gasteiger charge is 2.15. The third kappa shape index (κ3) is 4.18. The van der Waals surface area contributed by atoms with E-state index in [4.69, 9.17) is 16.3 Å². The van der Waals surface area contributed by atoms with Crippen LogP contribution in [0.25, 0.3) is 10.9 Å². The Kier molecular flexibility index (Phi) is 5.46. The number of halogens is 1. The lowest BCUT2D eigenvalue weighted by atomic mass is 10.1. The molecule has 4 nitrogen and oxygen atoms in total. The smallest absolute Gasteiger partial charge is 0.123 e. The van der Waals surface area contributed by atoms with Crippen molar-refractivity contribution in [2.24, 2.45) is 0 Å². The molecule has 0 atom stereocenters. The Hall–Kier alpha value is -2.30. The zero-order chi connectivity index (χ0) is 18.6. The van der Waals surface area contributed by atoms with Gasteiger partial charge in [0.25, 0.3) is 0 Å². The van der Waals surface area contributed by atoms with Gasteiger partial charge >= 0.3 is 0 Å². The van der Waals surface area contributed by atoms with E-state index in [1.54, 1.807) is 6.20 Å². The molecule has 27 heavy (non-hydrogen) atoms. The second kappa shape index (κ2) is 8.15. The Morgan fingerprint density at radius 3 is 2.78 bits per heavy atom. The van der Waals surface area contributed by atoms with Crippen LogP contribution in [0, 0.1) is 0 Å². The number of benzene rings is 2. The van der Waals surface area contributed by atoms with Gasteiger partial charge in [-0.25, -0.2) is 0 Å². The van der Waals surface area contributed by atoms with E-state index in [0.717, 1.165) is 34.6 Å². The van der Waals surface area contributed by atoms with Crippen LogP contribution in [-0.4, -0.2) is 29.6 Å². The van der Waals surface area contributed by atoms with Gasteiger partial charge in [0.15, 0.2) is 0 Å². The van der Waals surface area contributed by atoms with Gasteiger partial charge in [0.05, 0.1) is 12.1 Å². The second-order valence-corrected chi connectivity index (χ2v) is 7.32. The molecule has 1 aliphatic rings. The van der Waals surface area contributed by atoms with E-state index in [1.165, 1.54) is 31.5 Å². The molecule has 1 fully saturated rings. The molecule has 0 amide bonds. The molecular weight excluding hydrogens is 358 g/mol. The Balaban J connectivity index is 1.63. The van der Waals surface area contributed by atoms with Gasteiger partial charge < -0.3 is 10.1 Å². The number of ether oxygens (including phenoxy) is 1. The van der Waals surface area contributed by atoms with Crippen LogP contribution in [0.4, 0.5) is 11.4 Å². The number of hydrogen-bond acceptors (Lipinski definition) is 4. The van der Waals surface area contributed by atoms with E-state index in [2.05, 4.69) is 33.4 Å². The number of nitrogens with one attached hydrogen (secondary N) is 1. The van der Waals surface area contributed by atoms with E-state index >= 15 is 0 Å². The minimum atomic E-state index is 0.676. The zero-order valence-corrected chi connectivity index (χ0v) is 16.3. The number of anilines is 2. The summed E-state index contributed by atoms with van der Waals surface area (Å²) < 4.78 is 5.86. The molecule has 0 spiro atoms. The maximum atomic E-state index is 6.10. The lowest BCUT2D eigenvalue weighted by Crippen LogP contribution is -2.19. The summed E-state index contributed by atoms with van der Waals surface area (Å²) in [5, 5.41) is 5.29. The fraction of sp³-hybridized carbons (Fsp3) is 0.318. The monoisotopic (exact) mass is 381 g/mol. The zero-order valence-electron chi connectivity index (χ0n) is 15.5. The van der Waals surface area contributed by atoms with Crippen LogP contribution in [-0.2, 0) is 6.54 Å². The largest absolute Gasteiger partial charge is 0.494 e. The van der Waals surface area contributed by atoms with Crippen molar-refractivity contribution in [3.8, 4) is 5.75 Å².